The van der Waals surface area contributed by atoms with E-state index >= 15 is 0 Å². The van der Waals surface area contributed by atoms with Crippen molar-refractivity contribution in [3.05, 3.63) is 83.4 Å². The predicted octanol–water partition coefficient (Wildman–Crippen LogP) is 11.2. The van der Waals surface area contributed by atoms with Crippen LogP contribution in [0, 0.1) is 0 Å². The van der Waals surface area contributed by atoms with Crippen LogP contribution in [0.4, 0.5) is 0 Å². The highest BCUT2D eigenvalue weighted by Crippen LogP contribution is 2.39. The third-order valence-corrected chi connectivity index (χ3v) is 8.30. The van der Waals surface area contributed by atoms with Gasteiger partial charge in [-0.1, -0.05) is 164 Å². The molecule has 4 heteroatoms. The number of hydrogen-bond acceptors (Lipinski definition) is 2. The van der Waals surface area contributed by atoms with Gasteiger partial charge in [-0.05, 0) is 46.7 Å². The lowest BCUT2D eigenvalue weighted by atomic mass is 9.83. The van der Waals surface area contributed by atoms with Gasteiger partial charge in [0.15, 0.2) is 0 Å². The topological polar surface area (TPSA) is 74.6 Å². The van der Waals surface area contributed by atoms with Crippen molar-refractivity contribution in [1.29, 1.82) is 0 Å². The molecule has 4 nitrogen and oxygen atoms in total. The van der Waals surface area contributed by atoms with Crippen LogP contribution in [0.2, 0.25) is 0 Å². The standard InChI is InChI=1S/C38H50O4/c1-2-3-4-5-6-7-8-9-10-11-12-13-14-15-16-23-28-32-35(31-26-21-18-22-27-31)33(30-24-19-17-20-25-30)29-34(37(39)40)36(32)38(41)42/h17-22,24-27,29H,2-16,23,28H2,1H3,(H,39,40)(H,41,42). The van der Waals surface area contributed by atoms with E-state index < -0.39 is 11.9 Å². The first-order valence-corrected chi connectivity index (χ1v) is 16.3. The molecule has 0 saturated carbocycles. The third kappa shape index (κ3) is 10.5. The number of carboxylic acids is 2. The van der Waals surface area contributed by atoms with Gasteiger partial charge in [-0.25, -0.2) is 9.59 Å². The van der Waals surface area contributed by atoms with Gasteiger partial charge in [0.2, 0.25) is 0 Å². The molecule has 3 rings (SSSR count). The fourth-order valence-corrected chi connectivity index (χ4v) is 6.03. The van der Waals surface area contributed by atoms with E-state index in [1.54, 1.807) is 6.07 Å². The molecule has 0 aromatic heterocycles. The maximum Gasteiger partial charge on any atom is 0.336 e. The van der Waals surface area contributed by atoms with Gasteiger partial charge < -0.3 is 10.2 Å². The zero-order valence-electron chi connectivity index (χ0n) is 25.6. The number of benzene rings is 3. The fraction of sp³-hybridized carbons (Fsp3) is 0.474. The minimum absolute atomic E-state index is 0.0815. The van der Waals surface area contributed by atoms with Crippen molar-refractivity contribution < 1.29 is 19.8 Å². The second-order valence-electron chi connectivity index (χ2n) is 11.6. The second-order valence-corrected chi connectivity index (χ2v) is 11.6. The van der Waals surface area contributed by atoms with Crippen molar-refractivity contribution in [3.63, 3.8) is 0 Å². The number of hydrogen-bond donors (Lipinski definition) is 2. The molecule has 0 heterocycles. The van der Waals surface area contributed by atoms with Gasteiger partial charge in [-0.3, -0.25) is 0 Å². The average molecular weight is 571 g/mol. The molecule has 226 valence electrons. The smallest absolute Gasteiger partial charge is 0.336 e. The Bertz CT molecular complexity index is 1220. The minimum Gasteiger partial charge on any atom is -0.478 e. The molecule has 0 saturated heterocycles. The largest absolute Gasteiger partial charge is 0.478 e. The van der Waals surface area contributed by atoms with Crippen LogP contribution in [0.1, 0.15) is 136 Å². The summed E-state index contributed by atoms with van der Waals surface area (Å²) in [5.41, 5.74) is 3.76. The molecule has 0 fully saturated rings. The van der Waals surface area contributed by atoms with Crippen molar-refractivity contribution in [1.82, 2.24) is 0 Å². The maximum atomic E-state index is 12.5. The van der Waals surface area contributed by atoms with E-state index in [1.165, 1.54) is 83.5 Å². The highest BCUT2D eigenvalue weighted by molar-refractivity contribution is 6.07. The summed E-state index contributed by atoms with van der Waals surface area (Å²) >= 11 is 0. The first-order chi connectivity index (χ1) is 20.5. The fourth-order valence-electron chi connectivity index (χ4n) is 6.03. The Morgan fingerprint density at radius 3 is 1.40 bits per heavy atom. The molecule has 3 aromatic carbocycles. The molecule has 0 amide bonds. The summed E-state index contributed by atoms with van der Waals surface area (Å²) in [5, 5.41) is 20.2. The molecule has 0 aliphatic rings. The SMILES string of the molecule is CCCCCCCCCCCCCCCCCCc1c(C(=O)O)c(C(=O)O)cc(-c2ccccc2)c1-c1ccccc1. The molecule has 0 aliphatic carbocycles. The zero-order chi connectivity index (χ0) is 30.0. The predicted molar refractivity (Wildman–Crippen MR) is 174 cm³/mol. The number of unbranched alkanes of at least 4 members (excludes halogenated alkanes) is 15. The quantitative estimate of drug-likeness (QED) is 0.125. The molecule has 42 heavy (non-hydrogen) atoms. The Labute approximate surface area is 253 Å². The molecule has 0 radical (unpaired) electrons. The van der Waals surface area contributed by atoms with Gasteiger partial charge in [0.05, 0.1) is 11.1 Å². The van der Waals surface area contributed by atoms with Crippen LogP contribution in [0.15, 0.2) is 66.7 Å². The maximum absolute atomic E-state index is 12.5. The lowest BCUT2D eigenvalue weighted by Gasteiger charge is -2.20. The lowest BCUT2D eigenvalue weighted by Crippen LogP contribution is -2.14. The Balaban J connectivity index is 1.59. The van der Waals surface area contributed by atoms with Gasteiger partial charge in [-0.15, -0.1) is 0 Å². The Kier molecular flexibility index (Phi) is 14.9. The molecular weight excluding hydrogens is 520 g/mol. The zero-order valence-corrected chi connectivity index (χ0v) is 25.6. The van der Waals surface area contributed by atoms with E-state index in [9.17, 15) is 19.8 Å². The van der Waals surface area contributed by atoms with Gasteiger partial charge in [0.25, 0.3) is 0 Å². The monoisotopic (exact) mass is 570 g/mol. The van der Waals surface area contributed by atoms with E-state index in [1.807, 2.05) is 60.7 Å². The second kappa shape index (κ2) is 18.9. The van der Waals surface area contributed by atoms with Crippen LogP contribution in [0.3, 0.4) is 0 Å². The van der Waals surface area contributed by atoms with Crippen LogP contribution in [0.5, 0.6) is 0 Å². The first-order valence-electron chi connectivity index (χ1n) is 16.3. The van der Waals surface area contributed by atoms with Crippen molar-refractivity contribution in [2.24, 2.45) is 0 Å². The van der Waals surface area contributed by atoms with E-state index in [-0.39, 0.29) is 11.1 Å². The Hall–Kier alpha value is -3.40. The summed E-state index contributed by atoms with van der Waals surface area (Å²) in [6.45, 7) is 2.27. The summed E-state index contributed by atoms with van der Waals surface area (Å²) < 4.78 is 0. The van der Waals surface area contributed by atoms with Crippen LogP contribution in [-0.2, 0) is 6.42 Å². The summed E-state index contributed by atoms with van der Waals surface area (Å²) in [7, 11) is 0. The minimum atomic E-state index is -1.21. The molecule has 0 aliphatic heterocycles. The van der Waals surface area contributed by atoms with E-state index in [0.717, 1.165) is 41.5 Å². The van der Waals surface area contributed by atoms with Gasteiger partial charge >= 0.3 is 11.9 Å². The Morgan fingerprint density at radius 2 is 0.976 bits per heavy atom. The normalized spacial score (nSPS) is 11.1. The number of carboxylic acid groups (broad SMARTS) is 2. The first kappa shape index (κ1) is 33.1. The van der Waals surface area contributed by atoms with E-state index in [0.29, 0.717) is 12.0 Å². The number of rotatable bonds is 21. The van der Waals surface area contributed by atoms with Crippen LogP contribution >= 0.6 is 0 Å². The molecule has 0 atom stereocenters. The number of carbonyl (C=O) groups is 2. The highest BCUT2D eigenvalue weighted by Gasteiger charge is 2.26. The molecule has 0 spiro atoms. The van der Waals surface area contributed by atoms with Crippen molar-refractivity contribution in [2.45, 2.75) is 116 Å². The lowest BCUT2D eigenvalue weighted by molar-refractivity contribution is 0.0650. The average Bonchev–Trinajstić information content (AvgIpc) is 3.00. The van der Waals surface area contributed by atoms with Crippen LogP contribution < -0.4 is 0 Å². The molecule has 0 unspecified atom stereocenters. The molecule has 3 aromatic rings. The van der Waals surface area contributed by atoms with Crippen LogP contribution in [0.25, 0.3) is 22.3 Å². The van der Waals surface area contributed by atoms with E-state index in [2.05, 4.69) is 6.92 Å². The third-order valence-electron chi connectivity index (χ3n) is 8.30. The van der Waals surface area contributed by atoms with Gasteiger partial charge in [0.1, 0.15) is 0 Å². The van der Waals surface area contributed by atoms with Crippen molar-refractivity contribution in [3.8, 4) is 22.3 Å². The number of aromatic carboxylic acids is 2. The molecular formula is C38H50O4. The Morgan fingerprint density at radius 1 is 0.548 bits per heavy atom. The van der Waals surface area contributed by atoms with Crippen molar-refractivity contribution >= 4 is 11.9 Å². The summed E-state index contributed by atoms with van der Waals surface area (Å²) in [6, 6.07) is 21.0. The van der Waals surface area contributed by atoms with Gasteiger partial charge in [-0.2, -0.15) is 0 Å². The van der Waals surface area contributed by atoms with Gasteiger partial charge in [0, 0.05) is 0 Å². The summed E-state index contributed by atoms with van der Waals surface area (Å²) in [4.78, 5) is 24.8. The summed E-state index contributed by atoms with van der Waals surface area (Å²) in [5.74, 6) is -2.40. The molecule has 0 bridgehead atoms. The van der Waals surface area contributed by atoms with Crippen molar-refractivity contribution in [2.75, 3.05) is 0 Å². The molecule has 2 N–H and O–H groups in total. The summed E-state index contributed by atoms with van der Waals surface area (Å²) in [6.07, 6.45) is 20.9. The highest BCUT2D eigenvalue weighted by atomic mass is 16.4. The van der Waals surface area contributed by atoms with Crippen LogP contribution in [-0.4, -0.2) is 22.2 Å². The van der Waals surface area contributed by atoms with E-state index in [4.69, 9.17) is 0 Å².